The van der Waals surface area contributed by atoms with Crippen molar-refractivity contribution in [1.29, 1.82) is 0 Å². The van der Waals surface area contributed by atoms with Crippen LogP contribution in [0.25, 0.3) is 0 Å². The topological polar surface area (TPSA) is 58.6 Å². The van der Waals surface area contributed by atoms with Crippen molar-refractivity contribution in [3.63, 3.8) is 0 Å². The van der Waals surface area contributed by atoms with Gasteiger partial charge in [-0.1, -0.05) is 37.3 Å². The summed E-state index contributed by atoms with van der Waals surface area (Å²) in [5.41, 5.74) is 4.28. The lowest BCUT2D eigenvalue weighted by atomic mass is 10.0. The fraction of sp³-hybridized carbons (Fsp3) is 0.440. The Morgan fingerprint density at radius 1 is 1.00 bits per heavy atom. The molecule has 0 aliphatic heterocycles. The molecule has 5 nitrogen and oxygen atoms in total. The molecule has 2 amide bonds. The highest BCUT2D eigenvalue weighted by Crippen LogP contribution is 2.18. The molecule has 0 saturated heterocycles. The van der Waals surface area contributed by atoms with Gasteiger partial charge in [-0.2, -0.15) is 0 Å². The molecule has 162 valence electrons. The molecule has 0 aliphatic carbocycles. The molecule has 0 aliphatic rings. The second-order valence-electron chi connectivity index (χ2n) is 8.05. The van der Waals surface area contributed by atoms with E-state index in [1.54, 1.807) is 12.0 Å². The number of amides is 2. The van der Waals surface area contributed by atoms with Crippen LogP contribution in [-0.4, -0.2) is 35.9 Å². The number of ether oxygens (including phenoxy) is 1. The summed E-state index contributed by atoms with van der Waals surface area (Å²) < 4.78 is 5.23. The van der Waals surface area contributed by atoms with Gasteiger partial charge in [0.15, 0.2) is 0 Å². The average molecular weight is 411 g/mol. The molecule has 0 aromatic heterocycles. The Bertz CT molecular complexity index is 859. The lowest BCUT2D eigenvalue weighted by Crippen LogP contribution is -2.50. The van der Waals surface area contributed by atoms with E-state index < -0.39 is 6.04 Å². The molecule has 1 atom stereocenters. The first-order valence-corrected chi connectivity index (χ1v) is 10.5. The number of carbonyl (C=O) groups is 2. The Morgan fingerprint density at radius 2 is 1.63 bits per heavy atom. The Balaban J connectivity index is 2.30. The van der Waals surface area contributed by atoms with E-state index in [0.717, 1.165) is 22.4 Å². The largest absolute Gasteiger partial charge is 0.497 e. The van der Waals surface area contributed by atoms with E-state index in [1.165, 1.54) is 5.56 Å². The van der Waals surface area contributed by atoms with Crippen LogP contribution in [0.15, 0.2) is 42.5 Å². The third kappa shape index (κ3) is 6.34. The van der Waals surface area contributed by atoms with Gasteiger partial charge in [-0.25, -0.2) is 0 Å². The summed E-state index contributed by atoms with van der Waals surface area (Å²) in [6.07, 6.45) is 0.816. The normalized spacial score (nSPS) is 11.8. The zero-order chi connectivity index (χ0) is 22.3. The molecule has 2 aromatic rings. The summed E-state index contributed by atoms with van der Waals surface area (Å²) in [6, 6.07) is 13.2. The van der Waals surface area contributed by atoms with Crippen molar-refractivity contribution in [2.45, 2.75) is 66.1 Å². The number of hydrogen-bond donors (Lipinski definition) is 1. The first-order chi connectivity index (χ1) is 14.2. The van der Waals surface area contributed by atoms with E-state index in [9.17, 15) is 9.59 Å². The van der Waals surface area contributed by atoms with Crippen molar-refractivity contribution < 1.29 is 14.3 Å². The zero-order valence-electron chi connectivity index (χ0n) is 19.0. The molecule has 1 unspecified atom stereocenters. The second kappa shape index (κ2) is 10.8. The molecule has 0 radical (unpaired) electrons. The van der Waals surface area contributed by atoms with E-state index in [2.05, 4.69) is 12.2 Å². The van der Waals surface area contributed by atoms with Gasteiger partial charge in [0.1, 0.15) is 11.8 Å². The third-order valence-electron chi connectivity index (χ3n) is 5.26. The molecule has 0 saturated carbocycles. The summed E-state index contributed by atoms with van der Waals surface area (Å²) in [4.78, 5) is 27.9. The molecule has 2 aromatic carbocycles. The van der Waals surface area contributed by atoms with Crippen LogP contribution in [-0.2, 0) is 22.6 Å². The maximum atomic E-state index is 13.3. The molecule has 0 fully saturated rings. The van der Waals surface area contributed by atoms with Gasteiger partial charge in [0.05, 0.1) is 13.5 Å². The van der Waals surface area contributed by atoms with Crippen LogP contribution < -0.4 is 10.1 Å². The molecular weight excluding hydrogens is 376 g/mol. The SMILES string of the molecule is CCC(C(=O)NC(C)C)N(Cc1ccc(OC)cc1)C(=O)Cc1ccc(C)c(C)c1. The highest BCUT2D eigenvalue weighted by molar-refractivity contribution is 5.88. The molecule has 0 spiro atoms. The highest BCUT2D eigenvalue weighted by atomic mass is 16.5. The van der Waals surface area contributed by atoms with Crippen LogP contribution in [0.4, 0.5) is 0 Å². The molecule has 30 heavy (non-hydrogen) atoms. The molecular formula is C25H34N2O3. The van der Waals surface area contributed by atoms with Gasteiger partial charge in [0.25, 0.3) is 0 Å². The minimum Gasteiger partial charge on any atom is -0.497 e. The Labute approximate surface area is 180 Å². The predicted molar refractivity (Wildman–Crippen MR) is 121 cm³/mol. The van der Waals surface area contributed by atoms with Crippen molar-refractivity contribution in [3.8, 4) is 5.75 Å². The first kappa shape index (κ1) is 23.5. The quantitative estimate of drug-likeness (QED) is 0.674. The number of benzene rings is 2. The number of methoxy groups -OCH3 is 1. The molecule has 1 N–H and O–H groups in total. The van der Waals surface area contributed by atoms with Gasteiger partial charge >= 0.3 is 0 Å². The first-order valence-electron chi connectivity index (χ1n) is 10.5. The number of carbonyl (C=O) groups excluding carboxylic acids is 2. The number of hydrogen-bond acceptors (Lipinski definition) is 3. The van der Waals surface area contributed by atoms with Gasteiger partial charge in [-0.3, -0.25) is 9.59 Å². The monoisotopic (exact) mass is 410 g/mol. The average Bonchev–Trinajstić information content (AvgIpc) is 2.70. The van der Waals surface area contributed by atoms with Crippen LogP contribution >= 0.6 is 0 Å². The molecule has 0 bridgehead atoms. The number of nitrogens with one attached hydrogen (secondary N) is 1. The van der Waals surface area contributed by atoms with Gasteiger partial charge in [0.2, 0.25) is 11.8 Å². The summed E-state index contributed by atoms with van der Waals surface area (Å²) in [5, 5.41) is 2.96. The van der Waals surface area contributed by atoms with E-state index >= 15 is 0 Å². The number of rotatable bonds is 9. The third-order valence-corrected chi connectivity index (χ3v) is 5.26. The minimum absolute atomic E-state index is 0.0178. The Morgan fingerprint density at radius 3 is 2.17 bits per heavy atom. The van der Waals surface area contributed by atoms with E-state index in [4.69, 9.17) is 4.74 Å². The van der Waals surface area contributed by atoms with Crippen LogP contribution in [0.5, 0.6) is 5.75 Å². The summed E-state index contributed by atoms with van der Waals surface area (Å²) in [7, 11) is 1.62. The highest BCUT2D eigenvalue weighted by Gasteiger charge is 2.29. The predicted octanol–water partition coefficient (Wildman–Crippen LogP) is 4.19. The minimum atomic E-state index is -0.520. The van der Waals surface area contributed by atoms with Gasteiger partial charge < -0.3 is 15.0 Å². The van der Waals surface area contributed by atoms with Crippen molar-refractivity contribution in [1.82, 2.24) is 10.2 Å². The molecule has 2 rings (SSSR count). The van der Waals surface area contributed by atoms with Crippen LogP contribution in [0.2, 0.25) is 0 Å². The van der Waals surface area contributed by atoms with Gasteiger partial charge in [-0.05, 0) is 68.5 Å². The number of aryl methyl sites for hydroxylation is 2. The maximum absolute atomic E-state index is 13.3. The number of nitrogens with zero attached hydrogens (tertiary/aromatic N) is 1. The zero-order valence-corrected chi connectivity index (χ0v) is 19.0. The van der Waals surface area contributed by atoms with Crippen molar-refractivity contribution in [2.24, 2.45) is 0 Å². The smallest absolute Gasteiger partial charge is 0.243 e. The Hall–Kier alpha value is -2.82. The standard InChI is InChI=1S/C25H34N2O3/c1-7-23(25(29)26-17(2)3)27(16-20-10-12-22(30-6)13-11-20)24(28)15-21-9-8-18(4)19(5)14-21/h8-14,17,23H,7,15-16H2,1-6H3,(H,26,29). The van der Waals surface area contributed by atoms with Crippen molar-refractivity contribution in [2.75, 3.05) is 7.11 Å². The van der Waals surface area contributed by atoms with Gasteiger partial charge in [0, 0.05) is 12.6 Å². The van der Waals surface area contributed by atoms with Crippen molar-refractivity contribution >= 4 is 11.8 Å². The van der Waals surface area contributed by atoms with Crippen molar-refractivity contribution in [3.05, 3.63) is 64.7 Å². The summed E-state index contributed by atoms with van der Waals surface area (Å²) in [6.45, 7) is 10.3. The lowest BCUT2D eigenvalue weighted by Gasteiger charge is -2.31. The molecule has 0 heterocycles. The Kier molecular flexibility index (Phi) is 8.46. The maximum Gasteiger partial charge on any atom is 0.243 e. The van der Waals surface area contributed by atoms with Crippen LogP contribution in [0.1, 0.15) is 49.4 Å². The van der Waals surface area contributed by atoms with Crippen LogP contribution in [0, 0.1) is 13.8 Å². The molecule has 5 heteroatoms. The van der Waals surface area contributed by atoms with E-state index in [-0.39, 0.29) is 24.3 Å². The summed E-state index contributed by atoms with van der Waals surface area (Å²) in [5.74, 6) is 0.589. The fourth-order valence-corrected chi connectivity index (χ4v) is 3.42. The lowest BCUT2D eigenvalue weighted by molar-refractivity contribution is -0.141. The van der Waals surface area contributed by atoms with Crippen LogP contribution in [0.3, 0.4) is 0 Å². The fourth-order valence-electron chi connectivity index (χ4n) is 3.42. The summed E-state index contributed by atoms with van der Waals surface area (Å²) >= 11 is 0. The van der Waals surface area contributed by atoms with E-state index in [0.29, 0.717) is 13.0 Å². The van der Waals surface area contributed by atoms with E-state index in [1.807, 2.05) is 70.2 Å². The second-order valence-corrected chi connectivity index (χ2v) is 8.05. The van der Waals surface area contributed by atoms with Gasteiger partial charge in [-0.15, -0.1) is 0 Å².